The molecule has 19 heavy (non-hydrogen) atoms. The van der Waals surface area contributed by atoms with Gasteiger partial charge in [0, 0.05) is 19.0 Å². The van der Waals surface area contributed by atoms with Crippen LogP contribution in [0.4, 0.5) is 0 Å². The van der Waals surface area contributed by atoms with Crippen molar-refractivity contribution in [2.45, 2.75) is 13.0 Å². The van der Waals surface area contributed by atoms with E-state index in [4.69, 9.17) is 16.3 Å². The molecular formula is C14H15ClN2O2. The van der Waals surface area contributed by atoms with E-state index in [2.05, 4.69) is 10.3 Å². The van der Waals surface area contributed by atoms with E-state index in [0.29, 0.717) is 17.4 Å². The van der Waals surface area contributed by atoms with Gasteiger partial charge in [-0.15, -0.1) is 0 Å². The van der Waals surface area contributed by atoms with E-state index in [-0.39, 0.29) is 12.0 Å². The summed E-state index contributed by atoms with van der Waals surface area (Å²) in [7, 11) is 1.60. The van der Waals surface area contributed by atoms with Crippen LogP contribution in [-0.4, -0.2) is 30.6 Å². The number of hydrogen-bond acceptors (Lipinski definition) is 3. The summed E-state index contributed by atoms with van der Waals surface area (Å²) in [4.78, 5) is 16.1. The average molecular weight is 279 g/mol. The predicted molar refractivity (Wildman–Crippen MR) is 75.6 cm³/mol. The molecule has 0 spiro atoms. The Kier molecular flexibility index (Phi) is 4.35. The summed E-state index contributed by atoms with van der Waals surface area (Å²) in [5.41, 5.74) is 0.312. The minimum Gasteiger partial charge on any atom is -0.380 e. The lowest BCUT2D eigenvalue weighted by Gasteiger charge is -2.11. The number of hydrogen-bond donors (Lipinski definition) is 1. The van der Waals surface area contributed by atoms with Crippen LogP contribution in [0.2, 0.25) is 5.15 Å². The molecule has 0 saturated carbocycles. The van der Waals surface area contributed by atoms with Gasteiger partial charge in [-0.05, 0) is 18.4 Å². The molecule has 0 bridgehead atoms. The van der Waals surface area contributed by atoms with Gasteiger partial charge in [0.25, 0.3) is 5.91 Å². The Balaban J connectivity index is 2.23. The molecular weight excluding hydrogens is 264 g/mol. The standard InChI is InChI=1S/C14H15ClN2O2/c1-9(19-2)8-16-14(18)12-7-10-5-3-4-6-11(10)13(15)17-12/h3-7,9H,8H2,1-2H3,(H,16,18). The smallest absolute Gasteiger partial charge is 0.270 e. The van der Waals surface area contributed by atoms with Crippen LogP contribution in [-0.2, 0) is 4.74 Å². The molecule has 0 aliphatic carbocycles. The lowest BCUT2D eigenvalue weighted by Crippen LogP contribution is -2.32. The number of carbonyl (C=O) groups excluding carboxylic acids is 1. The molecule has 2 aromatic rings. The lowest BCUT2D eigenvalue weighted by atomic mass is 10.1. The molecule has 0 saturated heterocycles. The number of fused-ring (bicyclic) bond motifs is 1. The first-order valence-electron chi connectivity index (χ1n) is 5.98. The van der Waals surface area contributed by atoms with Crippen LogP contribution in [0.25, 0.3) is 10.8 Å². The zero-order valence-corrected chi connectivity index (χ0v) is 11.6. The maximum absolute atomic E-state index is 12.0. The van der Waals surface area contributed by atoms with Gasteiger partial charge >= 0.3 is 0 Å². The highest BCUT2D eigenvalue weighted by Gasteiger charge is 2.11. The van der Waals surface area contributed by atoms with E-state index >= 15 is 0 Å². The van der Waals surface area contributed by atoms with E-state index in [1.165, 1.54) is 0 Å². The molecule has 1 heterocycles. The number of methoxy groups -OCH3 is 1. The fraction of sp³-hybridized carbons (Fsp3) is 0.286. The number of nitrogens with zero attached hydrogens (tertiary/aromatic N) is 1. The van der Waals surface area contributed by atoms with Crippen LogP contribution in [0.15, 0.2) is 30.3 Å². The highest BCUT2D eigenvalue weighted by Crippen LogP contribution is 2.22. The van der Waals surface area contributed by atoms with Gasteiger partial charge in [0.05, 0.1) is 6.10 Å². The van der Waals surface area contributed by atoms with E-state index in [0.717, 1.165) is 10.8 Å². The third-order valence-electron chi connectivity index (χ3n) is 2.88. The van der Waals surface area contributed by atoms with Crippen molar-refractivity contribution in [2.75, 3.05) is 13.7 Å². The molecule has 2 rings (SSSR count). The molecule has 1 atom stereocenters. The van der Waals surface area contributed by atoms with Gasteiger partial charge in [-0.3, -0.25) is 4.79 Å². The summed E-state index contributed by atoms with van der Waals surface area (Å²) < 4.78 is 5.07. The first kappa shape index (κ1) is 13.8. The minimum atomic E-state index is -0.253. The van der Waals surface area contributed by atoms with Crippen LogP contribution in [0.3, 0.4) is 0 Å². The molecule has 0 aliphatic heterocycles. The van der Waals surface area contributed by atoms with Crippen LogP contribution in [0.1, 0.15) is 17.4 Å². The van der Waals surface area contributed by atoms with Crippen molar-refractivity contribution in [3.05, 3.63) is 41.2 Å². The number of amides is 1. The molecule has 1 aromatic carbocycles. The van der Waals surface area contributed by atoms with Gasteiger partial charge in [0.15, 0.2) is 0 Å². The van der Waals surface area contributed by atoms with Crippen molar-refractivity contribution in [3.63, 3.8) is 0 Å². The third-order valence-corrected chi connectivity index (χ3v) is 3.17. The number of rotatable bonds is 4. The Morgan fingerprint density at radius 2 is 2.21 bits per heavy atom. The number of ether oxygens (including phenoxy) is 1. The topological polar surface area (TPSA) is 51.2 Å². The second-order valence-electron chi connectivity index (χ2n) is 4.28. The summed E-state index contributed by atoms with van der Waals surface area (Å²) in [6.45, 7) is 2.31. The summed E-state index contributed by atoms with van der Waals surface area (Å²) in [6.07, 6.45) is -0.0418. The van der Waals surface area contributed by atoms with Gasteiger partial charge in [0.1, 0.15) is 10.8 Å². The summed E-state index contributed by atoms with van der Waals surface area (Å²) in [6, 6.07) is 9.29. The molecule has 5 heteroatoms. The zero-order chi connectivity index (χ0) is 13.8. The first-order chi connectivity index (χ1) is 9.11. The summed E-state index contributed by atoms with van der Waals surface area (Å²) in [5.74, 6) is -0.253. The Hall–Kier alpha value is -1.65. The molecule has 0 fully saturated rings. The Bertz CT molecular complexity index is 601. The largest absolute Gasteiger partial charge is 0.380 e. The highest BCUT2D eigenvalue weighted by molar-refractivity contribution is 6.34. The third kappa shape index (κ3) is 3.22. The molecule has 0 aliphatic rings. The monoisotopic (exact) mass is 278 g/mol. The number of nitrogens with one attached hydrogen (secondary N) is 1. The van der Waals surface area contributed by atoms with Crippen molar-refractivity contribution in [1.29, 1.82) is 0 Å². The SMILES string of the molecule is COC(C)CNC(=O)c1cc2ccccc2c(Cl)n1. The van der Waals surface area contributed by atoms with Gasteiger partial charge in [-0.25, -0.2) is 4.98 Å². The molecule has 1 N–H and O–H groups in total. The predicted octanol–water partition coefficient (Wildman–Crippen LogP) is 2.65. The first-order valence-corrected chi connectivity index (χ1v) is 6.36. The van der Waals surface area contributed by atoms with Crippen molar-refractivity contribution in [3.8, 4) is 0 Å². The minimum absolute atomic E-state index is 0.0418. The molecule has 1 unspecified atom stereocenters. The molecule has 0 radical (unpaired) electrons. The van der Waals surface area contributed by atoms with Crippen molar-refractivity contribution < 1.29 is 9.53 Å². The quantitative estimate of drug-likeness (QED) is 0.875. The fourth-order valence-electron chi connectivity index (χ4n) is 1.68. The number of aromatic nitrogens is 1. The second-order valence-corrected chi connectivity index (χ2v) is 4.63. The van der Waals surface area contributed by atoms with Crippen LogP contribution in [0, 0.1) is 0 Å². The molecule has 4 nitrogen and oxygen atoms in total. The van der Waals surface area contributed by atoms with Crippen molar-refractivity contribution in [1.82, 2.24) is 10.3 Å². The van der Waals surface area contributed by atoms with Gasteiger partial charge in [-0.2, -0.15) is 0 Å². The van der Waals surface area contributed by atoms with Gasteiger partial charge in [0.2, 0.25) is 0 Å². The number of pyridine rings is 1. The van der Waals surface area contributed by atoms with Crippen LogP contribution in [0.5, 0.6) is 0 Å². The lowest BCUT2D eigenvalue weighted by molar-refractivity contribution is 0.0866. The van der Waals surface area contributed by atoms with Crippen molar-refractivity contribution in [2.24, 2.45) is 0 Å². The van der Waals surface area contributed by atoms with E-state index < -0.39 is 0 Å². The molecule has 100 valence electrons. The molecule has 1 amide bonds. The second kappa shape index (κ2) is 5.99. The average Bonchev–Trinajstić information content (AvgIpc) is 2.44. The van der Waals surface area contributed by atoms with E-state index in [1.54, 1.807) is 13.2 Å². The Morgan fingerprint density at radius 3 is 2.95 bits per heavy atom. The fourth-order valence-corrected chi connectivity index (χ4v) is 1.95. The summed E-state index contributed by atoms with van der Waals surface area (Å²) in [5, 5.41) is 4.83. The van der Waals surface area contributed by atoms with E-state index in [1.807, 2.05) is 31.2 Å². The normalized spacial score (nSPS) is 12.4. The maximum atomic E-state index is 12.0. The molecule has 1 aromatic heterocycles. The Labute approximate surface area is 116 Å². The van der Waals surface area contributed by atoms with Crippen LogP contribution >= 0.6 is 11.6 Å². The number of carbonyl (C=O) groups is 1. The van der Waals surface area contributed by atoms with E-state index in [9.17, 15) is 4.79 Å². The van der Waals surface area contributed by atoms with Gasteiger partial charge < -0.3 is 10.1 Å². The maximum Gasteiger partial charge on any atom is 0.270 e. The number of halogens is 1. The highest BCUT2D eigenvalue weighted by atomic mass is 35.5. The summed E-state index contributed by atoms with van der Waals surface area (Å²) >= 11 is 6.08. The van der Waals surface area contributed by atoms with Gasteiger partial charge in [-0.1, -0.05) is 35.9 Å². The van der Waals surface area contributed by atoms with Crippen LogP contribution < -0.4 is 5.32 Å². The van der Waals surface area contributed by atoms with Crippen molar-refractivity contribution >= 4 is 28.3 Å². The zero-order valence-electron chi connectivity index (χ0n) is 10.8. The Morgan fingerprint density at radius 1 is 1.47 bits per heavy atom. The number of benzene rings is 1.